The lowest BCUT2D eigenvalue weighted by atomic mass is 9.95. The van der Waals surface area contributed by atoms with Crippen LogP contribution in [0.4, 0.5) is 0 Å². The molecule has 0 saturated heterocycles. The van der Waals surface area contributed by atoms with Crippen molar-refractivity contribution < 1.29 is 0 Å². The average Bonchev–Trinajstić information content (AvgIpc) is 2.39. The monoisotopic (exact) mass is 306 g/mol. The fourth-order valence-electron chi connectivity index (χ4n) is 2.65. The summed E-state index contributed by atoms with van der Waals surface area (Å²) in [5.74, 6) is 1.62. The fraction of sp³-hybridized carbons (Fsp3) is 0.429. The first kappa shape index (κ1) is 11.9. The summed E-state index contributed by atoms with van der Waals surface area (Å²) < 4.78 is 2.78. The van der Waals surface area contributed by atoms with Gasteiger partial charge in [-0.25, -0.2) is 4.98 Å². The second kappa shape index (κ2) is 4.50. The van der Waals surface area contributed by atoms with Crippen LogP contribution in [0.1, 0.15) is 25.6 Å². The maximum absolute atomic E-state index is 12.4. The van der Waals surface area contributed by atoms with E-state index in [1.807, 2.05) is 22.8 Å². The standard InChI is InChI=1S/C14H15BrN2O/c1-2-9-5-6-17-13(7-9)16-12-4-3-10(15)8-11(12)14(17)18/h3-4,8-9H,2,5-7H2,1H3. The van der Waals surface area contributed by atoms with Gasteiger partial charge in [-0.1, -0.05) is 29.3 Å². The Bertz CT molecular complexity index is 663. The first-order valence-corrected chi connectivity index (χ1v) is 7.17. The van der Waals surface area contributed by atoms with E-state index in [9.17, 15) is 4.79 Å². The molecule has 94 valence electrons. The van der Waals surface area contributed by atoms with Gasteiger partial charge in [0.15, 0.2) is 0 Å². The molecule has 1 unspecified atom stereocenters. The molecule has 1 aliphatic rings. The zero-order chi connectivity index (χ0) is 12.7. The van der Waals surface area contributed by atoms with Crippen LogP contribution in [0, 0.1) is 5.92 Å². The maximum atomic E-state index is 12.4. The van der Waals surface area contributed by atoms with Crippen molar-refractivity contribution in [1.82, 2.24) is 9.55 Å². The van der Waals surface area contributed by atoms with E-state index >= 15 is 0 Å². The van der Waals surface area contributed by atoms with Gasteiger partial charge in [-0.05, 0) is 30.5 Å². The quantitative estimate of drug-likeness (QED) is 0.811. The number of rotatable bonds is 1. The molecule has 0 spiro atoms. The summed E-state index contributed by atoms with van der Waals surface area (Å²) >= 11 is 3.41. The lowest BCUT2D eigenvalue weighted by Gasteiger charge is -2.24. The summed E-state index contributed by atoms with van der Waals surface area (Å²) in [4.78, 5) is 17.1. The lowest BCUT2D eigenvalue weighted by molar-refractivity contribution is 0.363. The van der Waals surface area contributed by atoms with Gasteiger partial charge in [-0.2, -0.15) is 0 Å². The van der Waals surface area contributed by atoms with Crippen LogP contribution in [-0.4, -0.2) is 9.55 Å². The summed E-state index contributed by atoms with van der Waals surface area (Å²) in [5.41, 5.74) is 0.914. The third-order valence-corrected chi connectivity index (χ3v) is 4.30. The minimum atomic E-state index is 0.103. The predicted molar refractivity (Wildman–Crippen MR) is 75.8 cm³/mol. The van der Waals surface area contributed by atoms with E-state index in [2.05, 4.69) is 27.8 Å². The molecule has 0 fully saturated rings. The Labute approximate surface area is 114 Å². The van der Waals surface area contributed by atoms with Gasteiger partial charge >= 0.3 is 0 Å². The number of hydrogen-bond acceptors (Lipinski definition) is 2. The molecule has 18 heavy (non-hydrogen) atoms. The van der Waals surface area contributed by atoms with E-state index < -0.39 is 0 Å². The van der Waals surface area contributed by atoms with Crippen molar-refractivity contribution in [2.75, 3.05) is 0 Å². The highest BCUT2D eigenvalue weighted by Gasteiger charge is 2.20. The molecule has 1 aliphatic heterocycles. The third-order valence-electron chi connectivity index (χ3n) is 3.80. The molecule has 1 atom stereocenters. The zero-order valence-electron chi connectivity index (χ0n) is 10.3. The minimum absolute atomic E-state index is 0.103. The van der Waals surface area contributed by atoms with Gasteiger partial charge in [0.1, 0.15) is 5.82 Å². The van der Waals surface area contributed by atoms with E-state index in [1.54, 1.807) is 0 Å². The molecule has 0 amide bonds. The number of hydrogen-bond donors (Lipinski definition) is 0. The van der Waals surface area contributed by atoms with E-state index in [0.29, 0.717) is 11.3 Å². The van der Waals surface area contributed by atoms with Crippen LogP contribution in [0.5, 0.6) is 0 Å². The van der Waals surface area contributed by atoms with E-state index in [-0.39, 0.29) is 5.56 Å². The highest BCUT2D eigenvalue weighted by atomic mass is 79.9. The van der Waals surface area contributed by atoms with Crippen LogP contribution in [-0.2, 0) is 13.0 Å². The summed E-state index contributed by atoms with van der Waals surface area (Å²) in [7, 11) is 0. The normalized spacial score (nSPS) is 18.9. The summed E-state index contributed by atoms with van der Waals surface area (Å²) in [6, 6.07) is 5.72. The Balaban J connectivity index is 2.23. The largest absolute Gasteiger partial charge is 0.296 e. The molecule has 1 aromatic heterocycles. The highest BCUT2D eigenvalue weighted by molar-refractivity contribution is 9.10. The Kier molecular flexibility index (Phi) is 2.98. The van der Waals surface area contributed by atoms with Crippen molar-refractivity contribution in [3.63, 3.8) is 0 Å². The Hall–Kier alpha value is -1.16. The summed E-state index contributed by atoms with van der Waals surface area (Å²) in [6.07, 6.45) is 3.18. The van der Waals surface area contributed by atoms with Crippen LogP contribution in [0.25, 0.3) is 10.9 Å². The first-order valence-electron chi connectivity index (χ1n) is 6.38. The number of aromatic nitrogens is 2. The van der Waals surface area contributed by atoms with Gasteiger partial charge in [0.2, 0.25) is 0 Å². The molecule has 0 bridgehead atoms. The molecule has 1 aromatic carbocycles. The molecule has 2 heterocycles. The molecule has 0 saturated carbocycles. The van der Waals surface area contributed by atoms with Crippen LogP contribution < -0.4 is 5.56 Å². The molecule has 2 aromatic rings. The second-order valence-corrected chi connectivity index (χ2v) is 5.83. The summed E-state index contributed by atoms with van der Waals surface area (Å²) in [6.45, 7) is 3.01. The average molecular weight is 307 g/mol. The van der Waals surface area contributed by atoms with E-state index in [1.165, 1.54) is 0 Å². The predicted octanol–water partition coefficient (Wildman–Crippen LogP) is 3.13. The number of halogens is 1. The molecule has 4 heteroatoms. The van der Waals surface area contributed by atoms with Crippen molar-refractivity contribution in [2.45, 2.75) is 32.7 Å². The van der Waals surface area contributed by atoms with Crippen molar-refractivity contribution in [3.8, 4) is 0 Å². The number of nitrogens with zero attached hydrogens (tertiary/aromatic N) is 2. The van der Waals surface area contributed by atoms with Crippen LogP contribution in [0.3, 0.4) is 0 Å². The molecule has 0 radical (unpaired) electrons. The Morgan fingerprint density at radius 1 is 1.50 bits per heavy atom. The molecular weight excluding hydrogens is 292 g/mol. The van der Waals surface area contributed by atoms with Gasteiger partial charge in [-0.15, -0.1) is 0 Å². The number of benzene rings is 1. The van der Waals surface area contributed by atoms with Crippen molar-refractivity contribution in [2.24, 2.45) is 5.92 Å². The van der Waals surface area contributed by atoms with Crippen molar-refractivity contribution in [1.29, 1.82) is 0 Å². The summed E-state index contributed by atoms with van der Waals surface area (Å²) in [5, 5.41) is 0.711. The van der Waals surface area contributed by atoms with Gasteiger partial charge in [-0.3, -0.25) is 9.36 Å². The van der Waals surface area contributed by atoms with Crippen LogP contribution in [0.15, 0.2) is 27.5 Å². The number of fused-ring (bicyclic) bond motifs is 2. The highest BCUT2D eigenvalue weighted by Crippen LogP contribution is 2.23. The van der Waals surface area contributed by atoms with Crippen molar-refractivity contribution >= 4 is 26.8 Å². The van der Waals surface area contributed by atoms with E-state index in [0.717, 1.165) is 41.6 Å². The maximum Gasteiger partial charge on any atom is 0.261 e. The molecule has 3 rings (SSSR count). The second-order valence-electron chi connectivity index (χ2n) is 4.91. The van der Waals surface area contributed by atoms with Crippen molar-refractivity contribution in [3.05, 3.63) is 38.9 Å². The molecule has 0 N–H and O–H groups in total. The van der Waals surface area contributed by atoms with Gasteiger partial charge in [0.25, 0.3) is 5.56 Å². The van der Waals surface area contributed by atoms with Gasteiger partial charge < -0.3 is 0 Å². The minimum Gasteiger partial charge on any atom is -0.296 e. The smallest absolute Gasteiger partial charge is 0.261 e. The lowest BCUT2D eigenvalue weighted by Crippen LogP contribution is -2.31. The molecule has 3 nitrogen and oxygen atoms in total. The van der Waals surface area contributed by atoms with Gasteiger partial charge in [0, 0.05) is 17.4 Å². The van der Waals surface area contributed by atoms with Gasteiger partial charge in [0.05, 0.1) is 10.9 Å². The van der Waals surface area contributed by atoms with Crippen LogP contribution >= 0.6 is 15.9 Å². The Morgan fingerprint density at radius 2 is 2.33 bits per heavy atom. The zero-order valence-corrected chi connectivity index (χ0v) is 11.9. The fourth-order valence-corrected chi connectivity index (χ4v) is 3.01. The molecule has 0 aliphatic carbocycles. The van der Waals surface area contributed by atoms with E-state index in [4.69, 9.17) is 0 Å². The van der Waals surface area contributed by atoms with Crippen LogP contribution in [0.2, 0.25) is 0 Å². The SMILES string of the molecule is CCC1CCn2c(nc3ccc(Br)cc3c2=O)C1. The Morgan fingerprint density at radius 3 is 3.11 bits per heavy atom. The molecular formula is C14H15BrN2O. The topological polar surface area (TPSA) is 34.9 Å². The first-order chi connectivity index (χ1) is 8.69. The third kappa shape index (κ3) is 1.88.